The Morgan fingerprint density at radius 2 is 2.11 bits per heavy atom. The van der Waals surface area contributed by atoms with Gasteiger partial charge in [0, 0.05) is 18.7 Å². The van der Waals surface area contributed by atoms with Crippen LogP contribution in [-0.2, 0) is 6.54 Å². The molecule has 1 aromatic rings. The minimum atomic E-state index is -0.366. The minimum absolute atomic E-state index is 0.0957. The molecular formula is C14H19FN2OS. The van der Waals surface area contributed by atoms with Gasteiger partial charge in [-0.3, -0.25) is 4.90 Å². The summed E-state index contributed by atoms with van der Waals surface area (Å²) in [6.45, 7) is 2.97. The monoisotopic (exact) mass is 282 g/mol. The second-order valence-corrected chi connectivity index (χ2v) is 5.52. The normalized spacial score (nSPS) is 17.6. The summed E-state index contributed by atoms with van der Waals surface area (Å²) in [5, 5.41) is 9.11. The van der Waals surface area contributed by atoms with Gasteiger partial charge in [-0.1, -0.05) is 18.3 Å². The highest BCUT2D eigenvalue weighted by atomic mass is 32.1. The Hall–Kier alpha value is -1.04. The summed E-state index contributed by atoms with van der Waals surface area (Å²) in [5.74, 6) is 0.0619. The number of benzene rings is 1. The van der Waals surface area contributed by atoms with Crippen LogP contribution in [0.4, 0.5) is 4.39 Å². The topological polar surface area (TPSA) is 49.5 Å². The van der Waals surface area contributed by atoms with Crippen molar-refractivity contribution in [2.24, 2.45) is 11.7 Å². The first kappa shape index (κ1) is 14.4. The van der Waals surface area contributed by atoms with E-state index < -0.39 is 0 Å². The molecule has 1 aliphatic rings. The predicted molar refractivity (Wildman–Crippen MR) is 77.4 cm³/mol. The zero-order valence-corrected chi connectivity index (χ0v) is 11.6. The number of rotatable bonds is 4. The van der Waals surface area contributed by atoms with Crippen molar-refractivity contribution in [1.29, 1.82) is 0 Å². The van der Waals surface area contributed by atoms with E-state index in [2.05, 4.69) is 4.90 Å². The summed E-state index contributed by atoms with van der Waals surface area (Å²) < 4.78 is 13.5. The molecule has 0 bridgehead atoms. The van der Waals surface area contributed by atoms with Gasteiger partial charge < -0.3 is 10.8 Å². The molecule has 3 N–H and O–H groups in total. The SMILES string of the molecule is NC(=S)c1cc(CN2CCC(CO)CC2)ccc1F. The van der Waals surface area contributed by atoms with Crippen LogP contribution in [0.5, 0.6) is 0 Å². The van der Waals surface area contributed by atoms with Crippen molar-refractivity contribution in [3.8, 4) is 0 Å². The lowest BCUT2D eigenvalue weighted by Crippen LogP contribution is -2.34. The van der Waals surface area contributed by atoms with Crippen molar-refractivity contribution in [3.05, 3.63) is 35.1 Å². The van der Waals surface area contributed by atoms with Gasteiger partial charge in [0.05, 0.1) is 0 Å². The molecule has 2 rings (SSSR count). The zero-order valence-electron chi connectivity index (χ0n) is 10.8. The van der Waals surface area contributed by atoms with Gasteiger partial charge in [0.1, 0.15) is 10.8 Å². The molecule has 0 amide bonds. The lowest BCUT2D eigenvalue weighted by Gasteiger charge is -2.31. The van der Waals surface area contributed by atoms with E-state index in [0.29, 0.717) is 11.5 Å². The van der Waals surface area contributed by atoms with Crippen LogP contribution in [0.25, 0.3) is 0 Å². The molecule has 1 fully saturated rings. The molecule has 1 aliphatic heterocycles. The van der Waals surface area contributed by atoms with E-state index in [1.165, 1.54) is 6.07 Å². The summed E-state index contributed by atoms with van der Waals surface area (Å²) in [4.78, 5) is 2.40. The fourth-order valence-electron chi connectivity index (χ4n) is 2.44. The number of thiocarbonyl (C=S) groups is 1. The number of aliphatic hydroxyl groups excluding tert-OH is 1. The Morgan fingerprint density at radius 3 is 2.68 bits per heavy atom. The number of nitrogens with zero attached hydrogens (tertiary/aromatic N) is 1. The van der Waals surface area contributed by atoms with Crippen molar-refractivity contribution in [3.63, 3.8) is 0 Å². The van der Waals surface area contributed by atoms with Crippen molar-refractivity contribution >= 4 is 17.2 Å². The first-order valence-electron chi connectivity index (χ1n) is 6.51. The molecule has 1 heterocycles. The van der Waals surface area contributed by atoms with Crippen LogP contribution in [0.3, 0.4) is 0 Å². The Balaban J connectivity index is 2.00. The largest absolute Gasteiger partial charge is 0.396 e. The van der Waals surface area contributed by atoms with Gasteiger partial charge >= 0.3 is 0 Å². The maximum Gasteiger partial charge on any atom is 0.133 e. The Bertz CT molecular complexity index is 459. The molecular weight excluding hydrogens is 263 g/mol. The van der Waals surface area contributed by atoms with E-state index in [0.717, 1.165) is 38.0 Å². The third-order valence-electron chi connectivity index (χ3n) is 3.67. The second-order valence-electron chi connectivity index (χ2n) is 5.08. The van der Waals surface area contributed by atoms with Gasteiger partial charge in [0.15, 0.2) is 0 Å². The second kappa shape index (κ2) is 6.41. The molecule has 0 unspecified atom stereocenters. The summed E-state index contributed by atoms with van der Waals surface area (Å²) in [7, 11) is 0. The Morgan fingerprint density at radius 1 is 1.42 bits per heavy atom. The van der Waals surface area contributed by atoms with Gasteiger partial charge in [-0.2, -0.15) is 0 Å². The van der Waals surface area contributed by atoms with Crippen LogP contribution in [0.15, 0.2) is 18.2 Å². The zero-order chi connectivity index (χ0) is 13.8. The molecule has 0 aromatic heterocycles. The minimum Gasteiger partial charge on any atom is -0.396 e. The van der Waals surface area contributed by atoms with E-state index in [1.807, 2.05) is 0 Å². The third kappa shape index (κ3) is 3.72. The summed E-state index contributed by atoms with van der Waals surface area (Å²) in [5.41, 5.74) is 6.84. The molecule has 1 saturated heterocycles. The molecule has 0 aliphatic carbocycles. The number of aliphatic hydroxyl groups is 1. The van der Waals surface area contributed by atoms with Gasteiger partial charge in [0.25, 0.3) is 0 Å². The maximum atomic E-state index is 13.5. The van der Waals surface area contributed by atoms with Crippen LogP contribution in [-0.4, -0.2) is 34.7 Å². The standard InChI is InChI=1S/C14H19FN2OS/c15-13-2-1-11(7-12(13)14(16)19)8-17-5-3-10(9-18)4-6-17/h1-2,7,10,18H,3-6,8-9H2,(H2,16,19). The highest BCUT2D eigenvalue weighted by Gasteiger charge is 2.18. The lowest BCUT2D eigenvalue weighted by molar-refractivity contribution is 0.127. The molecule has 19 heavy (non-hydrogen) atoms. The number of nitrogens with two attached hydrogens (primary N) is 1. The van der Waals surface area contributed by atoms with E-state index in [9.17, 15) is 4.39 Å². The van der Waals surface area contributed by atoms with Gasteiger partial charge in [-0.15, -0.1) is 0 Å². The number of piperidine rings is 1. The first-order valence-corrected chi connectivity index (χ1v) is 6.92. The molecule has 3 nitrogen and oxygen atoms in total. The summed E-state index contributed by atoms with van der Waals surface area (Å²) in [6, 6.07) is 4.93. The Labute approximate surface area is 118 Å². The van der Waals surface area contributed by atoms with Gasteiger partial charge in [-0.25, -0.2) is 4.39 Å². The van der Waals surface area contributed by atoms with Gasteiger partial charge in [-0.05, 0) is 49.5 Å². The van der Waals surface area contributed by atoms with Crippen molar-refractivity contribution in [2.75, 3.05) is 19.7 Å². The van der Waals surface area contributed by atoms with Crippen molar-refractivity contribution in [2.45, 2.75) is 19.4 Å². The van der Waals surface area contributed by atoms with Gasteiger partial charge in [0.2, 0.25) is 0 Å². The molecule has 0 atom stereocenters. The number of hydrogen-bond acceptors (Lipinski definition) is 3. The van der Waals surface area contributed by atoms with Crippen LogP contribution in [0.2, 0.25) is 0 Å². The number of likely N-dealkylation sites (tertiary alicyclic amines) is 1. The maximum absolute atomic E-state index is 13.5. The van der Waals surface area contributed by atoms with Crippen LogP contribution in [0, 0.1) is 11.7 Å². The smallest absolute Gasteiger partial charge is 0.133 e. The molecule has 0 spiro atoms. The van der Waals surface area contributed by atoms with E-state index >= 15 is 0 Å². The van der Waals surface area contributed by atoms with E-state index in [4.69, 9.17) is 23.1 Å². The average molecular weight is 282 g/mol. The summed E-state index contributed by atoms with van der Waals surface area (Å²) >= 11 is 4.84. The number of hydrogen-bond donors (Lipinski definition) is 2. The molecule has 0 saturated carbocycles. The lowest BCUT2D eigenvalue weighted by atomic mass is 9.97. The van der Waals surface area contributed by atoms with E-state index in [-0.39, 0.29) is 17.4 Å². The quantitative estimate of drug-likeness (QED) is 0.825. The first-order chi connectivity index (χ1) is 9.10. The van der Waals surface area contributed by atoms with Crippen molar-refractivity contribution < 1.29 is 9.50 Å². The summed E-state index contributed by atoms with van der Waals surface area (Å²) in [6.07, 6.45) is 2.03. The van der Waals surface area contributed by atoms with Crippen LogP contribution < -0.4 is 5.73 Å². The molecule has 5 heteroatoms. The highest BCUT2D eigenvalue weighted by Crippen LogP contribution is 2.19. The number of halogens is 1. The third-order valence-corrected chi connectivity index (χ3v) is 3.89. The fraction of sp³-hybridized carbons (Fsp3) is 0.500. The molecule has 1 aromatic carbocycles. The highest BCUT2D eigenvalue weighted by molar-refractivity contribution is 7.80. The Kier molecular flexibility index (Phi) is 4.85. The van der Waals surface area contributed by atoms with Crippen LogP contribution >= 0.6 is 12.2 Å². The van der Waals surface area contributed by atoms with Crippen LogP contribution in [0.1, 0.15) is 24.0 Å². The molecule has 104 valence electrons. The predicted octanol–water partition coefficient (Wildman–Crippen LogP) is 1.66. The van der Waals surface area contributed by atoms with E-state index in [1.54, 1.807) is 12.1 Å². The van der Waals surface area contributed by atoms with Crippen molar-refractivity contribution in [1.82, 2.24) is 4.90 Å². The molecule has 0 radical (unpaired) electrons. The fourth-order valence-corrected chi connectivity index (χ4v) is 2.60. The average Bonchev–Trinajstić information content (AvgIpc) is 2.41.